The first kappa shape index (κ1) is 12.9. The summed E-state index contributed by atoms with van der Waals surface area (Å²) >= 11 is 0. The van der Waals surface area contributed by atoms with E-state index in [1.807, 2.05) is 32.2 Å². The highest BCUT2D eigenvalue weighted by atomic mass is 16.5. The lowest BCUT2D eigenvalue weighted by atomic mass is 10.1. The van der Waals surface area contributed by atoms with Crippen molar-refractivity contribution in [3.63, 3.8) is 0 Å². The van der Waals surface area contributed by atoms with Gasteiger partial charge in [0.05, 0.1) is 5.69 Å². The highest BCUT2D eigenvalue weighted by Gasteiger charge is 2.00. The van der Waals surface area contributed by atoms with Crippen LogP contribution < -0.4 is 10.8 Å². The van der Waals surface area contributed by atoms with E-state index in [0.717, 1.165) is 16.9 Å². The lowest BCUT2D eigenvalue weighted by Gasteiger charge is -2.04. The number of hydroxylamine groups is 1. The van der Waals surface area contributed by atoms with Gasteiger partial charge in [-0.1, -0.05) is 0 Å². The number of carbonyl (C=O) groups excluding carboxylic acids is 1. The predicted octanol–water partition coefficient (Wildman–Crippen LogP) is 1.97. The summed E-state index contributed by atoms with van der Waals surface area (Å²) in [5.41, 5.74) is 4.00. The molecule has 5 heteroatoms. The fourth-order valence-corrected chi connectivity index (χ4v) is 1.30. The Morgan fingerprint density at radius 1 is 1.47 bits per heavy atom. The molecule has 3 N–H and O–H groups in total. The summed E-state index contributed by atoms with van der Waals surface area (Å²) < 4.78 is 0. The average molecular weight is 233 g/mol. The Morgan fingerprint density at radius 3 is 2.82 bits per heavy atom. The quantitative estimate of drug-likeness (QED) is 0.322. The van der Waals surface area contributed by atoms with Gasteiger partial charge in [-0.3, -0.25) is 15.0 Å². The third kappa shape index (κ3) is 3.73. The molecule has 0 bridgehead atoms. The van der Waals surface area contributed by atoms with Gasteiger partial charge >= 0.3 is 0 Å². The minimum absolute atomic E-state index is 0.578. The van der Waals surface area contributed by atoms with Crippen LogP contribution in [-0.4, -0.2) is 24.4 Å². The van der Waals surface area contributed by atoms with Crippen LogP contribution in [0.2, 0.25) is 0 Å². The number of nitrogens with zero attached hydrogens (tertiary/aromatic N) is 1. The van der Waals surface area contributed by atoms with E-state index in [2.05, 4.69) is 10.3 Å². The first-order chi connectivity index (χ1) is 8.21. The van der Waals surface area contributed by atoms with Crippen LogP contribution >= 0.6 is 0 Å². The van der Waals surface area contributed by atoms with Crippen molar-refractivity contribution >= 4 is 29.6 Å². The number of rotatable bonds is 4. The molecule has 5 nitrogen and oxygen atoms in total. The number of nitrogens with one attached hydrogen (secondary N) is 2. The molecule has 0 atom stereocenters. The Bertz CT molecular complexity index is 453. The van der Waals surface area contributed by atoms with Gasteiger partial charge in [-0.15, -0.1) is 0 Å². The molecule has 0 heterocycles. The van der Waals surface area contributed by atoms with Crippen LogP contribution in [0.5, 0.6) is 0 Å². The molecule has 0 aliphatic rings. The van der Waals surface area contributed by atoms with E-state index in [-0.39, 0.29) is 0 Å². The van der Waals surface area contributed by atoms with E-state index in [9.17, 15) is 4.79 Å². The van der Waals surface area contributed by atoms with Crippen molar-refractivity contribution in [1.29, 1.82) is 0 Å². The fraction of sp³-hybridized carbons (Fsp3) is 0.167. The molecule has 1 aromatic carbocycles. The topological polar surface area (TPSA) is 73.7 Å². The van der Waals surface area contributed by atoms with Crippen molar-refractivity contribution in [3.05, 3.63) is 29.8 Å². The molecule has 0 saturated heterocycles. The van der Waals surface area contributed by atoms with Crippen molar-refractivity contribution in [2.45, 2.75) is 6.92 Å². The van der Waals surface area contributed by atoms with Gasteiger partial charge in [0.1, 0.15) is 0 Å². The van der Waals surface area contributed by atoms with Crippen molar-refractivity contribution in [2.75, 3.05) is 12.4 Å². The summed E-state index contributed by atoms with van der Waals surface area (Å²) in [6.07, 6.45) is 4.51. The number of aliphatic imine (C=N–C) groups is 1. The van der Waals surface area contributed by atoms with Gasteiger partial charge in [0.15, 0.2) is 0 Å². The number of amides is 1. The number of hydrogen-bond acceptors (Lipinski definition) is 4. The van der Waals surface area contributed by atoms with E-state index < -0.39 is 5.91 Å². The molecular formula is C12H15N3O2. The van der Waals surface area contributed by atoms with Crippen LogP contribution in [0.15, 0.2) is 29.3 Å². The standard InChI is InChI=1S/C12H15N3O2/c1-3-14-11-6-5-10(13-2)8-9(11)4-7-12(16)15-17/h3-8,13,17H,1-2H3,(H,15,16)/b7-4+,14-3?. The summed E-state index contributed by atoms with van der Waals surface area (Å²) in [5.74, 6) is -0.578. The Labute approximate surface area is 99.8 Å². The van der Waals surface area contributed by atoms with Crippen LogP contribution in [0.1, 0.15) is 12.5 Å². The SMILES string of the molecule is CC=Nc1ccc(NC)cc1/C=C/C(=O)NO. The molecule has 0 aromatic heterocycles. The lowest BCUT2D eigenvalue weighted by molar-refractivity contribution is -0.124. The molecule has 0 aliphatic heterocycles. The number of hydrogen-bond donors (Lipinski definition) is 3. The highest BCUT2D eigenvalue weighted by molar-refractivity contribution is 5.92. The Balaban J connectivity index is 3.08. The Kier molecular flexibility index (Phi) is 4.90. The van der Waals surface area contributed by atoms with E-state index in [0.29, 0.717) is 0 Å². The summed E-state index contributed by atoms with van der Waals surface area (Å²) in [7, 11) is 1.81. The molecule has 1 rings (SSSR count). The minimum Gasteiger partial charge on any atom is -0.388 e. The summed E-state index contributed by atoms with van der Waals surface area (Å²) in [4.78, 5) is 15.1. The van der Waals surface area contributed by atoms with Crippen LogP contribution in [0, 0.1) is 0 Å². The molecule has 0 spiro atoms. The zero-order valence-electron chi connectivity index (χ0n) is 9.77. The normalized spacial score (nSPS) is 11.0. The fourth-order valence-electron chi connectivity index (χ4n) is 1.30. The zero-order chi connectivity index (χ0) is 12.7. The maximum atomic E-state index is 10.9. The number of benzene rings is 1. The third-order valence-electron chi connectivity index (χ3n) is 2.11. The first-order valence-electron chi connectivity index (χ1n) is 5.14. The molecule has 17 heavy (non-hydrogen) atoms. The summed E-state index contributed by atoms with van der Waals surface area (Å²) in [5, 5.41) is 11.4. The van der Waals surface area contributed by atoms with Crippen LogP contribution in [-0.2, 0) is 4.79 Å². The average Bonchev–Trinajstić information content (AvgIpc) is 2.37. The zero-order valence-corrected chi connectivity index (χ0v) is 9.77. The second-order valence-corrected chi connectivity index (χ2v) is 3.22. The molecule has 1 amide bonds. The van der Waals surface area contributed by atoms with E-state index in [4.69, 9.17) is 5.21 Å². The van der Waals surface area contributed by atoms with Crippen LogP contribution in [0.3, 0.4) is 0 Å². The third-order valence-corrected chi connectivity index (χ3v) is 2.11. The largest absolute Gasteiger partial charge is 0.388 e. The van der Waals surface area contributed by atoms with Gasteiger partial charge in [0.2, 0.25) is 0 Å². The van der Waals surface area contributed by atoms with Gasteiger partial charge in [-0.2, -0.15) is 0 Å². The van der Waals surface area contributed by atoms with Crippen molar-refractivity contribution < 1.29 is 10.0 Å². The first-order valence-corrected chi connectivity index (χ1v) is 5.14. The van der Waals surface area contributed by atoms with E-state index in [1.165, 1.54) is 11.6 Å². The molecule has 0 saturated carbocycles. The van der Waals surface area contributed by atoms with Crippen LogP contribution in [0.4, 0.5) is 11.4 Å². The lowest BCUT2D eigenvalue weighted by Crippen LogP contribution is -2.14. The van der Waals surface area contributed by atoms with E-state index >= 15 is 0 Å². The molecule has 0 unspecified atom stereocenters. The molecular weight excluding hydrogens is 218 g/mol. The molecule has 90 valence electrons. The molecule has 1 aromatic rings. The van der Waals surface area contributed by atoms with Crippen molar-refractivity contribution in [1.82, 2.24) is 5.48 Å². The number of anilines is 1. The van der Waals surface area contributed by atoms with Gasteiger partial charge in [-0.25, -0.2) is 5.48 Å². The Morgan fingerprint density at radius 2 is 2.24 bits per heavy atom. The summed E-state index contributed by atoms with van der Waals surface area (Å²) in [6, 6.07) is 5.61. The maximum absolute atomic E-state index is 10.9. The minimum atomic E-state index is -0.578. The molecule has 0 fully saturated rings. The van der Waals surface area contributed by atoms with E-state index in [1.54, 1.807) is 12.3 Å². The van der Waals surface area contributed by atoms with Gasteiger partial charge < -0.3 is 5.32 Å². The predicted molar refractivity (Wildman–Crippen MR) is 68.8 cm³/mol. The smallest absolute Gasteiger partial charge is 0.267 e. The Hall–Kier alpha value is -2.14. The van der Waals surface area contributed by atoms with Gasteiger partial charge in [0, 0.05) is 30.6 Å². The monoisotopic (exact) mass is 233 g/mol. The summed E-state index contributed by atoms with van der Waals surface area (Å²) in [6.45, 7) is 1.82. The maximum Gasteiger partial charge on any atom is 0.267 e. The highest BCUT2D eigenvalue weighted by Crippen LogP contribution is 2.24. The van der Waals surface area contributed by atoms with Gasteiger partial charge in [0.25, 0.3) is 5.91 Å². The second kappa shape index (κ2) is 6.44. The van der Waals surface area contributed by atoms with Crippen molar-refractivity contribution in [3.8, 4) is 0 Å². The molecule has 0 radical (unpaired) electrons. The molecule has 0 aliphatic carbocycles. The van der Waals surface area contributed by atoms with Crippen molar-refractivity contribution in [2.24, 2.45) is 4.99 Å². The number of carbonyl (C=O) groups is 1. The van der Waals surface area contributed by atoms with Gasteiger partial charge in [-0.05, 0) is 31.2 Å². The van der Waals surface area contributed by atoms with Crippen LogP contribution in [0.25, 0.3) is 6.08 Å². The second-order valence-electron chi connectivity index (χ2n) is 3.22.